The molecule has 0 aliphatic heterocycles. The monoisotopic (exact) mass is 781 g/mol. The number of benzene rings is 10. The molecule has 10 aromatic carbocycles. The Morgan fingerprint density at radius 2 is 0.650 bits per heavy atom. The van der Waals surface area contributed by atoms with Crippen LogP contribution in [0.2, 0.25) is 0 Å². The molecule has 11 rings (SSSR count). The molecular formula is C58H39NS. The quantitative estimate of drug-likeness (QED) is 0.148. The van der Waals surface area contributed by atoms with Crippen molar-refractivity contribution in [3.05, 3.63) is 237 Å². The highest BCUT2D eigenvalue weighted by Crippen LogP contribution is 2.44. The smallest absolute Gasteiger partial charge is 0.0462 e. The van der Waals surface area contributed by atoms with Crippen LogP contribution in [0, 0.1) is 0 Å². The number of nitrogens with zero attached hydrogens (tertiary/aromatic N) is 1. The van der Waals surface area contributed by atoms with Crippen LogP contribution < -0.4 is 4.90 Å². The van der Waals surface area contributed by atoms with Crippen molar-refractivity contribution in [3.8, 4) is 55.6 Å². The van der Waals surface area contributed by atoms with E-state index < -0.39 is 0 Å². The molecule has 0 spiro atoms. The highest BCUT2D eigenvalue weighted by atomic mass is 32.1. The van der Waals surface area contributed by atoms with Crippen LogP contribution >= 0.6 is 11.3 Å². The number of rotatable bonds is 8. The maximum Gasteiger partial charge on any atom is 0.0462 e. The van der Waals surface area contributed by atoms with Crippen molar-refractivity contribution >= 4 is 59.3 Å². The summed E-state index contributed by atoms with van der Waals surface area (Å²) in [7, 11) is 0. The maximum atomic E-state index is 2.37. The number of thiophene rings is 1. The Labute approximate surface area is 354 Å². The summed E-state index contributed by atoms with van der Waals surface area (Å²) in [5, 5.41) is 5.24. The van der Waals surface area contributed by atoms with Gasteiger partial charge in [0.25, 0.3) is 0 Å². The molecule has 60 heavy (non-hydrogen) atoms. The fourth-order valence-corrected chi connectivity index (χ4v) is 9.99. The Kier molecular flexibility index (Phi) is 9.11. The second-order valence-electron chi connectivity index (χ2n) is 15.3. The predicted molar refractivity (Wildman–Crippen MR) is 259 cm³/mol. The Morgan fingerprint density at radius 3 is 1.18 bits per heavy atom. The predicted octanol–water partition coefficient (Wildman–Crippen LogP) is 17.0. The molecule has 282 valence electrons. The Hall–Kier alpha value is -7.52. The van der Waals surface area contributed by atoms with E-state index in [0.717, 1.165) is 17.1 Å². The second-order valence-corrected chi connectivity index (χ2v) is 16.3. The zero-order valence-electron chi connectivity index (χ0n) is 32.9. The van der Waals surface area contributed by atoms with Crippen LogP contribution in [0.25, 0.3) is 86.6 Å². The normalized spacial score (nSPS) is 11.3. The highest BCUT2D eigenvalue weighted by Gasteiger charge is 2.17. The zero-order chi connectivity index (χ0) is 39.8. The molecule has 0 bridgehead atoms. The van der Waals surface area contributed by atoms with E-state index in [1.807, 2.05) is 11.3 Å². The SMILES string of the molecule is c1ccc(-c2ccc(N(c3ccc(-c4cc(-c5ccccc5)cc(-c5ccccc5)c4)cc3)c3ccc(-c4cccc5c4sc4c6ccccc6ccc54)cc3)cc2)cc1. The number of fused-ring (bicyclic) bond motifs is 5. The van der Waals surface area contributed by atoms with Gasteiger partial charge in [-0.3, -0.25) is 0 Å². The van der Waals surface area contributed by atoms with Crippen LogP contribution in [-0.4, -0.2) is 0 Å². The molecule has 0 radical (unpaired) electrons. The Morgan fingerprint density at radius 1 is 0.250 bits per heavy atom. The molecule has 2 heteroatoms. The molecule has 0 aliphatic rings. The minimum absolute atomic E-state index is 1.10. The molecule has 0 saturated carbocycles. The van der Waals surface area contributed by atoms with Gasteiger partial charge in [-0.1, -0.05) is 182 Å². The van der Waals surface area contributed by atoms with Gasteiger partial charge in [0.1, 0.15) is 0 Å². The Balaban J connectivity index is 0.990. The first-order valence-corrected chi connectivity index (χ1v) is 21.3. The van der Waals surface area contributed by atoms with Crippen LogP contribution in [-0.2, 0) is 0 Å². The van der Waals surface area contributed by atoms with Crippen LogP contribution in [0.1, 0.15) is 0 Å². The fourth-order valence-electron chi connectivity index (χ4n) is 8.62. The molecule has 0 atom stereocenters. The lowest BCUT2D eigenvalue weighted by molar-refractivity contribution is 1.28. The molecule has 0 fully saturated rings. The molecule has 0 unspecified atom stereocenters. The fraction of sp³-hybridized carbons (Fsp3) is 0. The summed E-state index contributed by atoms with van der Waals surface area (Å²) < 4.78 is 2.68. The van der Waals surface area contributed by atoms with Crippen molar-refractivity contribution in [1.82, 2.24) is 0 Å². The number of hydrogen-bond acceptors (Lipinski definition) is 2. The summed E-state index contributed by atoms with van der Waals surface area (Å²) in [4.78, 5) is 2.37. The van der Waals surface area contributed by atoms with Gasteiger partial charge in [-0.2, -0.15) is 0 Å². The van der Waals surface area contributed by atoms with Crippen molar-refractivity contribution < 1.29 is 0 Å². The van der Waals surface area contributed by atoms with E-state index in [1.165, 1.54) is 86.6 Å². The van der Waals surface area contributed by atoms with E-state index in [-0.39, 0.29) is 0 Å². The average molecular weight is 782 g/mol. The zero-order valence-corrected chi connectivity index (χ0v) is 33.7. The van der Waals surface area contributed by atoms with E-state index >= 15 is 0 Å². The van der Waals surface area contributed by atoms with Gasteiger partial charge in [0.05, 0.1) is 0 Å². The van der Waals surface area contributed by atoms with Gasteiger partial charge in [-0.05, 0) is 121 Å². The molecule has 1 nitrogen and oxygen atoms in total. The second kappa shape index (κ2) is 15.3. The van der Waals surface area contributed by atoms with Gasteiger partial charge >= 0.3 is 0 Å². The number of anilines is 3. The average Bonchev–Trinajstić information content (AvgIpc) is 3.73. The van der Waals surface area contributed by atoms with Gasteiger partial charge in [-0.15, -0.1) is 11.3 Å². The van der Waals surface area contributed by atoms with Gasteiger partial charge in [0, 0.05) is 37.2 Å². The molecule has 1 heterocycles. The van der Waals surface area contributed by atoms with Crippen molar-refractivity contribution in [2.75, 3.05) is 4.90 Å². The topological polar surface area (TPSA) is 3.24 Å². The van der Waals surface area contributed by atoms with E-state index in [0.29, 0.717) is 0 Å². The first-order chi connectivity index (χ1) is 29.7. The summed E-state index contributed by atoms with van der Waals surface area (Å²) in [5.74, 6) is 0. The van der Waals surface area contributed by atoms with Crippen LogP contribution in [0.3, 0.4) is 0 Å². The summed E-state index contributed by atoms with van der Waals surface area (Å²) in [6.45, 7) is 0. The first-order valence-electron chi connectivity index (χ1n) is 20.5. The number of hydrogen-bond donors (Lipinski definition) is 0. The molecule has 1 aromatic heterocycles. The van der Waals surface area contributed by atoms with Gasteiger partial charge < -0.3 is 4.90 Å². The molecule has 0 saturated heterocycles. The molecule has 0 N–H and O–H groups in total. The minimum Gasteiger partial charge on any atom is -0.311 e. The van der Waals surface area contributed by atoms with E-state index in [2.05, 4.69) is 241 Å². The third-order valence-corrected chi connectivity index (χ3v) is 13.0. The molecule has 11 aromatic rings. The minimum atomic E-state index is 1.10. The van der Waals surface area contributed by atoms with E-state index in [9.17, 15) is 0 Å². The highest BCUT2D eigenvalue weighted by molar-refractivity contribution is 7.27. The molecule has 0 aliphatic carbocycles. The van der Waals surface area contributed by atoms with E-state index in [4.69, 9.17) is 0 Å². The summed E-state index contributed by atoms with van der Waals surface area (Å²) in [6.07, 6.45) is 0. The van der Waals surface area contributed by atoms with Crippen LogP contribution in [0.4, 0.5) is 17.1 Å². The van der Waals surface area contributed by atoms with Crippen LogP contribution in [0.15, 0.2) is 237 Å². The lowest BCUT2D eigenvalue weighted by Crippen LogP contribution is -2.09. The summed E-state index contributed by atoms with van der Waals surface area (Å²) >= 11 is 1.90. The third-order valence-electron chi connectivity index (χ3n) is 11.7. The van der Waals surface area contributed by atoms with Crippen LogP contribution in [0.5, 0.6) is 0 Å². The van der Waals surface area contributed by atoms with Crippen molar-refractivity contribution in [2.45, 2.75) is 0 Å². The van der Waals surface area contributed by atoms with Gasteiger partial charge in [0.15, 0.2) is 0 Å². The van der Waals surface area contributed by atoms with E-state index in [1.54, 1.807) is 0 Å². The third kappa shape index (κ3) is 6.63. The lowest BCUT2D eigenvalue weighted by Gasteiger charge is -2.26. The lowest BCUT2D eigenvalue weighted by atomic mass is 9.93. The standard InChI is InChI=1S/C58H39NS/c1-4-13-40(14-5-1)43-23-30-50(31-24-43)59(51-32-25-44(26-33-51)49-38-47(41-15-6-2-7-16-41)37-48(39-49)42-17-8-3-9-18-42)52-34-27-46(28-35-52)54-21-12-22-55-56-36-29-45-19-10-11-20-53(45)58(56)60-57(54)55/h1-39H. The van der Waals surface area contributed by atoms with Crippen molar-refractivity contribution in [3.63, 3.8) is 0 Å². The van der Waals surface area contributed by atoms with Crippen molar-refractivity contribution in [2.24, 2.45) is 0 Å². The van der Waals surface area contributed by atoms with Crippen molar-refractivity contribution in [1.29, 1.82) is 0 Å². The maximum absolute atomic E-state index is 2.37. The van der Waals surface area contributed by atoms with Gasteiger partial charge in [-0.25, -0.2) is 0 Å². The summed E-state index contributed by atoms with van der Waals surface area (Å²) in [6, 6.07) is 86.0. The largest absolute Gasteiger partial charge is 0.311 e. The molecule has 0 amide bonds. The summed E-state index contributed by atoms with van der Waals surface area (Å²) in [5.41, 5.74) is 15.4. The molecular weight excluding hydrogens is 743 g/mol. The van der Waals surface area contributed by atoms with Gasteiger partial charge in [0.2, 0.25) is 0 Å². The Bertz CT molecular complexity index is 3200. The first kappa shape index (κ1) is 35.6.